The van der Waals surface area contributed by atoms with Gasteiger partial charge in [-0.15, -0.1) is 0 Å². The Kier molecular flexibility index (Phi) is 13.8. The van der Waals surface area contributed by atoms with E-state index < -0.39 is 0 Å². The predicted molar refractivity (Wildman–Crippen MR) is 196 cm³/mol. The molecule has 0 bridgehead atoms. The quantitative estimate of drug-likeness (QED) is 0.114. The maximum absolute atomic E-state index is 5.85. The van der Waals surface area contributed by atoms with Gasteiger partial charge in [-0.25, -0.2) is 0 Å². The van der Waals surface area contributed by atoms with E-state index in [1.54, 1.807) is 0 Å². The molecule has 0 N–H and O–H groups in total. The third-order valence-electron chi connectivity index (χ3n) is 7.24. The van der Waals surface area contributed by atoms with E-state index in [1.807, 2.05) is 109 Å². The van der Waals surface area contributed by atoms with Gasteiger partial charge in [0.2, 0.25) is 0 Å². The van der Waals surface area contributed by atoms with E-state index in [2.05, 4.69) is 71.6 Å². The standard InChI is InChI=1S/C46H38O2/c1-7-19-39(20-8-1)29-31-45-35-43(27-15-5-17-33-47-37-41-23-11-3-12-24-41)44(36-46(45)32-30-40-21-9-2-10-22-40)28-16-6-18-34-48-38-42-25-13-4-14-26-42/h1-4,7-14,19-26,35-36H,5-6,17-18,33-34,37-38H2. The second-order valence-electron chi connectivity index (χ2n) is 11.1. The maximum Gasteiger partial charge on any atom is 0.0716 e. The first-order valence-corrected chi connectivity index (χ1v) is 16.4. The highest BCUT2D eigenvalue weighted by Gasteiger charge is 2.06. The molecule has 2 heteroatoms. The van der Waals surface area contributed by atoms with Gasteiger partial charge >= 0.3 is 0 Å². The molecule has 0 unspecified atom stereocenters. The number of unbranched alkanes of at least 4 members (excludes halogenated alkanes) is 2. The van der Waals surface area contributed by atoms with Crippen molar-refractivity contribution in [2.75, 3.05) is 13.2 Å². The monoisotopic (exact) mass is 622 g/mol. The summed E-state index contributed by atoms with van der Waals surface area (Å²) in [6.07, 6.45) is 3.15. The van der Waals surface area contributed by atoms with Crippen LogP contribution in [0.15, 0.2) is 133 Å². The largest absolute Gasteiger partial charge is 0.377 e. The fraction of sp³-hybridized carbons (Fsp3) is 0.174. The van der Waals surface area contributed by atoms with E-state index in [9.17, 15) is 0 Å². The van der Waals surface area contributed by atoms with Crippen LogP contribution in [-0.2, 0) is 22.7 Å². The highest BCUT2D eigenvalue weighted by atomic mass is 16.5. The van der Waals surface area contributed by atoms with Crippen LogP contribution in [0.25, 0.3) is 0 Å². The van der Waals surface area contributed by atoms with Crippen molar-refractivity contribution in [1.29, 1.82) is 0 Å². The highest BCUT2D eigenvalue weighted by molar-refractivity contribution is 5.63. The summed E-state index contributed by atoms with van der Waals surface area (Å²) in [6.45, 7) is 2.54. The fourth-order valence-electron chi connectivity index (χ4n) is 4.70. The van der Waals surface area contributed by atoms with E-state index in [0.717, 1.165) is 59.1 Å². The topological polar surface area (TPSA) is 18.5 Å². The molecule has 0 saturated heterocycles. The fourth-order valence-corrected chi connectivity index (χ4v) is 4.70. The zero-order valence-electron chi connectivity index (χ0n) is 27.2. The molecule has 0 aliphatic rings. The summed E-state index contributed by atoms with van der Waals surface area (Å²) in [6, 6.07) is 44.5. The summed E-state index contributed by atoms with van der Waals surface area (Å²) in [5, 5.41) is 0. The van der Waals surface area contributed by atoms with E-state index in [4.69, 9.17) is 9.47 Å². The van der Waals surface area contributed by atoms with Crippen LogP contribution in [0.1, 0.15) is 70.2 Å². The van der Waals surface area contributed by atoms with Crippen LogP contribution in [0.4, 0.5) is 0 Å². The van der Waals surface area contributed by atoms with Crippen molar-refractivity contribution in [3.8, 4) is 47.4 Å². The van der Waals surface area contributed by atoms with Crippen molar-refractivity contribution in [3.63, 3.8) is 0 Å². The van der Waals surface area contributed by atoms with Crippen LogP contribution < -0.4 is 0 Å². The van der Waals surface area contributed by atoms with Gasteiger partial charge in [-0.05, 0) is 60.4 Å². The molecule has 0 aliphatic carbocycles. The predicted octanol–water partition coefficient (Wildman–Crippen LogP) is 9.18. The van der Waals surface area contributed by atoms with Crippen LogP contribution in [-0.4, -0.2) is 13.2 Å². The van der Waals surface area contributed by atoms with Gasteiger partial charge in [-0.3, -0.25) is 0 Å². The Balaban J connectivity index is 1.34. The lowest BCUT2D eigenvalue weighted by Crippen LogP contribution is -1.95. The van der Waals surface area contributed by atoms with Crippen molar-refractivity contribution in [2.24, 2.45) is 0 Å². The molecule has 0 aliphatic heterocycles. The van der Waals surface area contributed by atoms with Crippen molar-refractivity contribution in [1.82, 2.24) is 0 Å². The number of rotatable bonds is 10. The number of hydrogen-bond acceptors (Lipinski definition) is 2. The van der Waals surface area contributed by atoms with Gasteiger partial charge in [-0.1, -0.05) is 144 Å². The Morgan fingerprint density at radius 1 is 0.375 bits per heavy atom. The normalized spacial score (nSPS) is 9.83. The van der Waals surface area contributed by atoms with Crippen LogP contribution in [0.3, 0.4) is 0 Å². The average molecular weight is 623 g/mol. The van der Waals surface area contributed by atoms with Gasteiger partial charge in [0.25, 0.3) is 0 Å². The lowest BCUT2D eigenvalue weighted by molar-refractivity contribution is 0.119. The molecular formula is C46H38O2. The van der Waals surface area contributed by atoms with Gasteiger partial charge < -0.3 is 9.47 Å². The minimum absolute atomic E-state index is 0.611. The number of benzene rings is 5. The summed E-state index contributed by atoms with van der Waals surface area (Å²) in [5.74, 6) is 26.8. The smallest absolute Gasteiger partial charge is 0.0716 e. The Morgan fingerprint density at radius 2 is 0.729 bits per heavy atom. The first-order valence-electron chi connectivity index (χ1n) is 16.4. The molecule has 48 heavy (non-hydrogen) atoms. The summed E-state index contributed by atoms with van der Waals surface area (Å²) in [4.78, 5) is 0. The summed E-state index contributed by atoms with van der Waals surface area (Å²) >= 11 is 0. The van der Waals surface area contributed by atoms with E-state index in [0.29, 0.717) is 26.4 Å². The lowest BCUT2D eigenvalue weighted by atomic mass is 9.98. The maximum atomic E-state index is 5.85. The number of hydrogen-bond donors (Lipinski definition) is 0. The molecule has 0 saturated carbocycles. The Labute approximate surface area is 286 Å². The third kappa shape index (κ3) is 11.9. The highest BCUT2D eigenvalue weighted by Crippen LogP contribution is 2.17. The molecule has 0 atom stereocenters. The number of ether oxygens (including phenoxy) is 2. The van der Waals surface area contributed by atoms with Crippen molar-refractivity contribution >= 4 is 0 Å². The molecule has 2 nitrogen and oxygen atoms in total. The molecule has 0 spiro atoms. The average Bonchev–Trinajstić information content (AvgIpc) is 3.14. The van der Waals surface area contributed by atoms with Crippen LogP contribution >= 0.6 is 0 Å². The van der Waals surface area contributed by atoms with E-state index in [1.165, 1.54) is 11.1 Å². The molecule has 0 radical (unpaired) electrons. The zero-order valence-corrected chi connectivity index (χ0v) is 27.2. The molecule has 5 aromatic rings. The first-order chi connectivity index (χ1) is 23.8. The SMILES string of the molecule is C(#Cc1cc(C#Cc2ccccc2)c(C#Cc2ccccc2)cc1C#CCCCOCc1ccccc1)CCCOCc1ccccc1. The van der Waals surface area contributed by atoms with Gasteiger partial charge in [0.15, 0.2) is 0 Å². The van der Waals surface area contributed by atoms with Crippen molar-refractivity contribution < 1.29 is 9.47 Å². The molecule has 0 heterocycles. The minimum Gasteiger partial charge on any atom is -0.377 e. The summed E-state index contributed by atoms with van der Waals surface area (Å²) < 4.78 is 11.7. The Bertz CT molecular complexity index is 1820. The van der Waals surface area contributed by atoms with Gasteiger partial charge in [0, 0.05) is 59.4 Å². The molecule has 5 aromatic carbocycles. The molecular weight excluding hydrogens is 585 g/mol. The van der Waals surface area contributed by atoms with Crippen LogP contribution in [0.2, 0.25) is 0 Å². The van der Waals surface area contributed by atoms with Crippen molar-refractivity contribution in [2.45, 2.75) is 38.9 Å². The molecule has 234 valence electrons. The summed E-state index contributed by atoms with van der Waals surface area (Å²) in [5.41, 5.74) is 7.62. The molecule has 0 fully saturated rings. The zero-order chi connectivity index (χ0) is 32.9. The molecule has 0 aromatic heterocycles. The first kappa shape index (κ1) is 33.6. The van der Waals surface area contributed by atoms with Gasteiger partial charge in [0.1, 0.15) is 0 Å². The Morgan fingerprint density at radius 3 is 1.12 bits per heavy atom. The molecule has 0 amide bonds. The van der Waals surface area contributed by atoms with E-state index >= 15 is 0 Å². The lowest BCUT2D eigenvalue weighted by Gasteiger charge is -2.04. The third-order valence-corrected chi connectivity index (χ3v) is 7.24. The summed E-state index contributed by atoms with van der Waals surface area (Å²) in [7, 11) is 0. The second-order valence-corrected chi connectivity index (χ2v) is 11.1. The van der Waals surface area contributed by atoms with Crippen LogP contribution in [0.5, 0.6) is 0 Å². The van der Waals surface area contributed by atoms with Gasteiger partial charge in [-0.2, -0.15) is 0 Å². The molecule has 5 rings (SSSR count). The second kappa shape index (κ2) is 19.7. The van der Waals surface area contributed by atoms with Gasteiger partial charge in [0.05, 0.1) is 13.2 Å². The Hall–Kier alpha value is -5.74. The minimum atomic E-state index is 0.611. The van der Waals surface area contributed by atoms with E-state index in [-0.39, 0.29) is 0 Å². The van der Waals surface area contributed by atoms with Crippen LogP contribution in [0, 0.1) is 47.4 Å². The van der Waals surface area contributed by atoms with Crippen molar-refractivity contribution in [3.05, 3.63) is 178 Å².